The number of nitrogens with zero attached hydrogens (tertiary/aromatic N) is 4. The molecule has 1 amide bonds. The first kappa shape index (κ1) is 17.6. The van der Waals surface area contributed by atoms with Crippen LogP contribution in [0.3, 0.4) is 0 Å². The predicted octanol–water partition coefficient (Wildman–Crippen LogP) is 2.40. The quantitative estimate of drug-likeness (QED) is 0.406. The molecule has 0 aliphatic heterocycles. The zero-order valence-corrected chi connectivity index (χ0v) is 13.4. The lowest BCUT2D eigenvalue weighted by Gasteiger charge is -2.03. The van der Waals surface area contributed by atoms with Gasteiger partial charge in [-0.3, -0.25) is 10.1 Å². The molecular weight excluding hydrogens is 360 g/mol. The van der Waals surface area contributed by atoms with Crippen molar-refractivity contribution >= 4 is 27.5 Å². The Morgan fingerprint density at radius 2 is 1.71 bits per heavy atom. The Balaban J connectivity index is 2.02. The summed E-state index contributed by atoms with van der Waals surface area (Å²) in [6, 6.07) is 5.75. The number of aromatic nitrogens is 2. The average Bonchev–Trinajstić information content (AvgIpc) is 2.58. The topological polar surface area (TPSA) is 138 Å². The van der Waals surface area contributed by atoms with E-state index in [2.05, 4.69) is 14.8 Å². The molecule has 0 atom stereocenters. The van der Waals surface area contributed by atoms with Gasteiger partial charge < -0.3 is 4.84 Å². The molecule has 24 heavy (non-hydrogen) atoms. The minimum absolute atomic E-state index is 0.0702. The molecule has 12 heteroatoms. The van der Waals surface area contributed by atoms with Gasteiger partial charge in [-0.05, 0) is 51.4 Å². The summed E-state index contributed by atoms with van der Waals surface area (Å²) >= 11 is 0. The van der Waals surface area contributed by atoms with Crippen molar-refractivity contribution in [3.8, 4) is 0 Å². The van der Waals surface area contributed by atoms with Gasteiger partial charge >= 0.3 is 5.91 Å². The van der Waals surface area contributed by atoms with Gasteiger partial charge in [-0.15, -0.1) is 10.1 Å². The molecule has 2 aromatic rings. The Morgan fingerprint density at radius 3 is 2.33 bits per heavy atom. The second-order valence-electron chi connectivity index (χ2n) is 4.11. The van der Waals surface area contributed by atoms with Crippen LogP contribution in [0, 0.1) is 20.2 Å². The van der Waals surface area contributed by atoms with E-state index in [0.717, 1.165) is 10.8 Å². The van der Waals surface area contributed by atoms with Crippen LogP contribution in [-0.4, -0.2) is 25.9 Å². The number of hydrogen-bond donors (Lipinski definition) is 0. The summed E-state index contributed by atoms with van der Waals surface area (Å²) in [5.41, 5.74) is 0.495. The highest BCUT2D eigenvalue weighted by Gasteiger charge is 2.19. The smallest absolute Gasteiger partial charge is 0.309 e. The molecule has 0 saturated carbocycles. The van der Waals surface area contributed by atoms with E-state index >= 15 is 0 Å². The number of pyridine rings is 2. The van der Waals surface area contributed by atoms with Gasteiger partial charge in [0.05, 0.1) is 0 Å². The molecule has 124 valence electrons. The lowest BCUT2D eigenvalue weighted by Crippen LogP contribution is -2.11. The standard InChI is InChI=1S/C12H8N4O6S2/c17-12(15(18)19)9-2-4-14-11(6-9)24-23-10-5-8(1-3-13-10)7-22-16(20)21/h1-6H,7H2. The van der Waals surface area contributed by atoms with E-state index in [1.54, 1.807) is 12.1 Å². The number of nitro groups is 1. The van der Waals surface area contributed by atoms with E-state index in [4.69, 9.17) is 0 Å². The van der Waals surface area contributed by atoms with Crippen molar-refractivity contribution in [2.45, 2.75) is 16.7 Å². The van der Waals surface area contributed by atoms with Crippen molar-refractivity contribution < 1.29 is 19.6 Å². The Kier molecular flexibility index (Phi) is 6.03. The summed E-state index contributed by atoms with van der Waals surface area (Å²) in [6.07, 6.45) is 2.77. The molecule has 0 aromatic carbocycles. The summed E-state index contributed by atoms with van der Waals surface area (Å²) in [7, 11) is 2.33. The SMILES string of the molecule is O=C(c1ccnc(SSc2cc(CO[N+](=O)[O-])ccn2)c1)[N+](=O)[O-]. The average molecular weight is 368 g/mol. The number of amides is 1. The third-order valence-electron chi connectivity index (χ3n) is 2.50. The molecule has 0 fully saturated rings. The van der Waals surface area contributed by atoms with Crippen molar-refractivity contribution in [1.29, 1.82) is 0 Å². The van der Waals surface area contributed by atoms with Crippen LogP contribution < -0.4 is 0 Å². The van der Waals surface area contributed by atoms with Gasteiger partial charge in [-0.1, -0.05) is 0 Å². The molecule has 0 aliphatic rings. The highest BCUT2D eigenvalue weighted by atomic mass is 33.1. The lowest BCUT2D eigenvalue weighted by molar-refractivity contribution is -0.763. The number of carbonyl (C=O) groups is 1. The van der Waals surface area contributed by atoms with Crippen LogP contribution in [0.15, 0.2) is 46.7 Å². The van der Waals surface area contributed by atoms with E-state index < -0.39 is 15.9 Å². The van der Waals surface area contributed by atoms with Crippen LogP contribution in [0.5, 0.6) is 0 Å². The van der Waals surface area contributed by atoms with Crippen molar-refractivity contribution in [3.05, 3.63) is 68.0 Å². The van der Waals surface area contributed by atoms with Gasteiger partial charge in [0.25, 0.3) is 5.09 Å². The van der Waals surface area contributed by atoms with E-state index in [-0.39, 0.29) is 12.2 Å². The fourth-order valence-electron chi connectivity index (χ4n) is 1.49. The monoisotopic (exact) mass is 368 g/mol. The minimum atomic E-state index is -1.21. The lowest BCUT2D eigenvalue weighted by atomic mass is 10.3. The number of carbonyl (C=O) groups excluding carboxylic acids is 1. The molecule has 0 saturated heterocycles. The summed E-state index contributed by atoms with van der Waals surface area (Å²) in [6.45, 7) is -0.196. The first-order valence-electron chi connectivity index (χ1n) is 6.17. The molecule has 0 unspecified atom stereocenters. The maximum absolute atomic E-state index is 11.3. The van der Waals surface area contributed by atoms with Crippen LogP contribution in [0.1, 0.15) is 15.9 Å². The largest absolute Gasteiger partial charge is 0.476 e. The van der Waals surface area contributed by atoms with Crippen molar-refractivity contribution in [2.75, 3.05) is 0 Å². The first-order chi connectivity index (χ1) is 11.5. The van der Waals surface area contributed by atoms with E-state index in [0.29, 0.717) is 15.6 Å². The maximum Gasteiger partial charge on any atom is 0.476 e. The van der Waals surface area contributed by atoms with Gasteiger partial charge in [-0.2, -0.15) is 0 Å². The normalized spacial score (nSPS) is 10.2. The van der Waals surface area contributed by atoms with Gasteiger partial charge in [0, 0.05) is 12.4 Å². The number of rotatable bonds is 7. The molecule has 2 aromatic heterocycles. The van der Waals surface area contributed by atoms with E-state index in [1.807, 2.05) is 0 Å². The van der Waals surface area contributed by atoms with Gasteiger partial charge in [0.15, 0.2) is 0 Å². The van der Waals surface area contributed by atoms with Gasteiger partial charge in [0.1, 0.15) is 27.1 Å². The molecule has 2 heterocycles. The highest BCUT2D eigenvalue weighted by Crippen LogP contribution is 2.35. The molecule has 0 bridgehead atoms. The second kappa shape index (κ2) is 8.21. The Labute approximate surface area is 142 Å². The first-order valence-corrected chi connectivity index (χ1v) is 8.32. The van der Waals surface area contributed by atoms with Crippen molar-refractivity contribution in [3.63, 3.8) is 0 Å². The molecule has 10 nitrogen and oxygen atoms in total. The van der Waals surface area contributed by atoms with Crippen LogP contribution in [0.2, 0.25) is 0 Å². The fraction of sp³-hybridized carbons (Fsp3) is 0.0833. The molecular formula is C12H8N4O6S2. The zero-order valence-electron chi connectivity index (χ0n) is 11.7. The van der Waals surface area contributed by atoms with E-state index in [1.165, 1.54) is 35.3 Å². The van der Waals surface area contributed by atoms with E-state index in [9.17, 15) is 25.0 Å². The highest BCUT2D eigenvalue weighted by molar-refractivity contribution is 8.76. The summed E-state index contributed by atoms with van der Waals surface area (Å²) < 4.78 is 0. The predicted molar refractivity (Wildman–Crippen MR) is 83.3 cm³/mol. The van der Waals surface area contributed by atoms with Crippen molar-refractivity contribution in [1.82, 2.24) is 9.97 Å². The molecule has 0 spiro atoms. The van der Waals surface area contributed by atoms with Crippen molar-refractivity contribution in [2.24, 2.45) is 0 Å². The summed E-state index contributed by atoms with van der Waals surface area (Å²) in [5.74, 6) is -1.21. The minimum Gasteiger partial charge on any atom is -0.309 e. The number of hydrogen-bond acceptors (Lipinski definition) is 10. The fourth-order valence-corrected chi connectivity index (χ4v) is 3.30. The summed E-state index contributed by atoms with van der Waals surface area (Å²) in [5, 5.41) is 20.7. The maximum atomic E-state index is 11.3. The Bertz CT molecular complexity index is 788. The summed E-state index contributed by atoms with van der Waals surface area (Å²) in [4.78, 5) is 43.3. The zero-order chi connectivity index (χ0) is 17.5. The third-order valence-corrected chi connectivity index (χ3v) is 4.64. The van der Waals surface area contributed by atoms with Gasteiger partial charge in [0.2, 0.25) is 0 Å². The second-order valence-corrected chi connectivity index (χ2v) is 6.28. The van der Waals surface area contributed by atoms with Gasteiger partial charge in [-0.25, -0.2) is 14.8 Å². The molecule has 0 N–H and O–H groups in total. The van der Waals surface area contributed by atoms with Crippen LogP contribution in [-0.2, 0) is 11.4 Å². The molecule has 0 aliphatic carbocycles. The molecule has 0 radical (unpaired) electrons. The third kappa shape index (κ3) is 5.17. The Hall–Kier alpha value is -2.73. The van der Waals surface area contributed by atoms with Crippen LogP contribution in [0.25, 0.3) is 0 Å². The van der Waals surface area contributed by atoms with Crippen LogP contribution in [0.4, 0.5) is 0 Å². The Morgan fingerprint density at radius 1 is 1.08 bits per heavy atom. The van der Waals surface area contributed by atoms with Crippen LogP contribution >= 0.6 is 21.6 Å². The molecule has 2 rings (SSSR count).